The van der Waals surface area contributed by atoms with Crippen LogP contribution in [0, 0.1) is 6.92 Å². The summed E-state index contributed by atoms with van der Waals surface area (Å²) in [7, 11) is -2.32. The molecule has 0 aliphatic heterocycles. The molecule has 0 aromatic heterocycles. The van der Waals surface area contributed by atoms with Gasteiger partial charge in [-0.05, 0) is 55.5 Å². The van der Waals surface area contributed by atoms with E-state index >= 15 is 0 Å². The van der Waals surface area contributed by atoms with Gasteiger partial charge in [0.05, 0.1) is 12.0 Å². The Labute approximate surface area is 160 Å². The van der Waals surface area contributed by atoms with E-state index in [-0.39, 0.29) is 23.3 Å². The summed E-state index contributed by atoms with van der Waals surface area (Å²) in [5.74, 6) is 0.316. The Balaban J connectivity index is 1.82. The number of aryl methyl sites for hydroxylation is 1. The number of amides is 1. The lowest BCUT2D eigenvalue weighted by atomic mass is 10.1. The number of carbonyl (C=O) groups is 1. The second-order valence-electron chi connectivity index (χ2n) is 6.78. The fraction of sp³-hybridized carbons (Fsp3) is 0.350. The highest BCUT2D eigenvalue weighted by Gasteiger charge is 2.30. The van der Waals surface area contributed by atoms with Crippen LogP contribution < -0.4 is 14.8 Å². The molecule has 27 heavy (non-hydrogen) atoms. The van der Waals surface area contributed by atoms with Gasteiger partial charge in [-0.1, -0.05) is 30.3 Å². The molecule has 0 bridgehead atoms. The largest absolute Gasteiger partial charge is 0.496 e. The summed E-state index contributed by atoms with van der Waals surface area (Å²) in [5, 5.41) is 2.89. The lowest BCUT2D eigenvalue weighted by Crippen LogP contribution is -2.48. The Morgan fingerprint density at radius 3 is 2.48 bits per heavy atom. The molecule has 1 atom stereocenters. The van der Waals surface area contributed by atoms with Crippen LogP contribution in [0.25, 0.3) is 0 Å². The molecule has 3 rings (SSSR count). The van der Waals surface area contributed by atoms with E-state index in [9.17, 15) is 13.2 Å². The number of rotatable bonds is 8. The number of benzene rings is 2. The molecule has 2 N–H and O–H groups in total. The van der Waals surface area contributed by atoms with E-state index in [0.29, 0.717) is 11.3 Å². The van der Waals surface area contributed by atoms with Crippen molar-refractivity contribution in [2.24, 2.45) is 0 Å². The molecule has 2 aromatic carbocycles. The normalized spacial score (nSPS) is 15.2. The van der Waals surface area contributed by atoms with E-state index in [1.807, 2.05) is 30.3 Å². The molecule has 0 heterocycles. The second kappa shape index (κ2) is 8.10. The third-order valence-electron chi connectivity index (χ3n) is 4.50. The Hall–Kier alpha value is -2.38. The molecule has 2 aromatic rings. The van der Waals surface area contributed by atoms with Crippen molar-refractivity contribution in [3.05, 3.63) is 59.7 Å². The molecule has 1 saturated carbocycles. The molecule has 1 fully saturated rings. The summed E-state index contributed by atoms with van der Waals surface area (Å²) in [6.07, 6.45) is 2.16. The van der Waals surface area contributed by atoms with Crippen LogP contribution in [-0.4, -0.2) is 33.5 Å². The van der Waals surface area contributed by atoms with Crippen molar-refractivity contribution in [1.82, 2.24) is 10.0 Å². The van der Waals surface area contributed by atoms with E-state index < -0.39 is 16.1 Å². The van der Waals surface area contributed by atoms with E-state index in [2.05, 4.69) is 10.0 Å². The molecule has 1 amide bonds. The molecule has 0 saturated heterocycles. The standard InChI is InChI=1S/C20H24N2O4S/c1-14-12-17(10-11-19(14)26-2)27(24,25)22-18(20(23)21-16-8-9-16)13-15-6-4-3-5-7-15/h3-7,10-12,16,18,22H,8-9,13H2,1-2H3,(H,21,23)/t18-/m1/s1. The number of hydrogen-bond donors (Lipinski definition) is 2. The lowest BCUT2D eigenvalue weighted by molar-refractivity contribution is -0.122. The first-order valence-electron chi connectivity index (χ1n) is 8.90. The highest BCUT2D eigenvalue weighted by molar-refractivity contribution is 7.89. The Morgan fingerprint density at radius 2 is 1.89 bits per heavy atom. The third-order valence-corrected chi connectivity index (χ3v) is 5.97. The third kappa shape index (κ3) is 5.08. The monoisotopic (exact) mass is 388 g/mol. The minimum absolute atomic E-state index is 0.109. The fourth-order valence-corrected chi connectivity index (χ4v) is 4.12. The van der Waals surface area contributed by atoms with Crippen LogP contribution in [0.4, 0.5) is 0 Å². The van der Waals surface area contributed by atoms with Crippen LogP contribution in [0.2, 0.25) is 0 Å². The molecular formula is C20H24N2O4S. The Morgan fingerprint density at radius 1 is 1.19 bits per heavy atom. The van der Waals surface area contributed by atoms with Crippen LogP contribution >= 0.6 is 0 Å². The molecule has 0 spiro atoms. The molecule has 1 aliphatic rings. The summed E-state index contributed by atoms with van der Waals surface area (Å²) in [6, 6.07) is 13.3. The van der Waals surface area contributed by atoms with Gasteiger partial charge in [-0.15, -0.1) is 0 Å². The van der Waals surface area contributed by atoms with Crippen LogP contribution in [-0.2, 0) is 21.2 Å². The van der Waals surface area contributed by atoms with Crippen molar-refractivity contribution >= 4 is 15.9 Å². The summed E-state index contributed by atoms with van der Waals surface area (Å²) >= 11 is 0. The van der Waals surface area contributed by atoms with Gasteiger partial charge in [-0.3, -0.25) is 4.79 Å². The maximum atomic E-state index is 12.9. The van der Waals surface area contributed by atoms with Crippen molar-refractivity contribution in [1.29, 1.82) is 0 Å². The first-order valence-corrected chi connectivity index (χ1v) is 10.4. The Bertz CT molecular complexity index is 909. The quantitative estimate of drug-likeness (QED) is 0.726. The average Bonchev–Trinajstić information content (AvgIpc) is 3.45. The van der Waals surface area contributed by atoms with Gasteiger partial charge in [0.15, 0.2) is 0 Å². The van der Waals surface area contributed by atoms with Crippen LogP contribution in [0.1, 0.15) is 24.0 Å². The van der Waals surface area contributed by atoms with Crippen molar-refractivity contribution in [3.8, 4) is 5.75 Å². The predicted molar refractivity (Wildman–Crippen MR) is 103 cm³/mol. The Kier molecular flexibility index (Phi) is 5.82. The fourth-order valence-electron chi connectivity index (χ4n) is 2.84. The summed E-state index contributed by atoms with van der Waals surface area (Å²) < 4.78 is 33.5. The molecule has 0 radical (unpaired) electrons. The van der Waals surface area contributed by atoms with Crippen molar-refractivity contribution < 1.29 is 17.9 Å². The predicted octanol–water partition coefficient (Wildman–Crippen LogP) is 2.17. The summed E-state index contributed by atoms with van der Waals surface area (Å²) in [4.78, 5) is 12.7. The van der Waals surface area contributed by atoms with Gasteiger partial charge in [0, 0.05) is 6.04 Å². The van der Waals surface area contributed by atoms with Gasteiger partial charge < -0.3 is 10.1 Å². The number of carbonyl (C=O) groups excluding carboxylic acids is 1. The molecule has 144 valence electrons. The van der Waals surface area contributed by atoms with Crippen molar-refractivity contribution in [2.45, 2.75) is 43.2 Å². The molecule has 7 heteroatoms. The molecule has 1 aliphatic carbocycles. The van der Waals surface area contributed by atoms with Gasteiger partial charge in [0.2, 0.25) is 15.9 Å². The van der Waals surface area contributed by atoms with Gasteiger partial charge in [0.1, 0.15) is 11.8 Å². The zero-order valence-corrected chi connectivity index (χ0v) is 16.3. The first-order chi connectivity index (χ1) is 12.9. The van der Waals surface area contributed by atoms with Gasteiger partial charge in [0.25, 0.3) is 0 Å². The zero-order chi connectivity index (χ0) is 19.4. The topological polar surface area (TPSA) is 84.5 Å². The molecule has 6 nitrogen and oxygen atoms in total. The minimum atomic E-state index is -3.85. The summed E-state index contributed by atoms with van der Waals surface area (Å²) in [5.41, 5.74) is 1.60. The first kappa shape index (κ1) is 19.4. The van der Waals surface area contributed by atoms with E-state index in [1.165, 1.54) is 13.2 Å². The van der Waals surface area contributed by atoms with E-state index in [0.717, 1.165) is 18.4 Å². The molecule has 0 unspecified atom stereocenters. The summed E-state index contributed by atoms with van der Waals surface area (Å²) in [6.45, 7) is 1.78. The van der Waals surface area contributed by atoms with Crippen LogP contribution in [0.15, 0.2) is 53.4 Å². The average molecular weight is 388 g/mol. The van der Waals surface area contributed by atoms with Crippen LogP contribution in [0.3, 0.4) is 0 Å². The molecular weight excluding hydrogens is 364 g/mol. The maximum absolute atomic E-state index is 12.9. The lowest BCUT2D eigenvalue weighted by Gasteiger charge is -2.19. The second-order valence-corrected chi connectivity index (χ2v) is 8.49. The van der Waals surface area contributed by atoms with Gasteiger partial charge >= 0.3 is 0 Å². The number of nitrogens with one attached hydrogen (secondary N) is 2. The highest BCUT2D eigenvalue weighted by atomic mass is 32.2. The smallest absolute Gasteiger partial charge is 0.241 e. The van der Waals surface area contributed by atoms with Crippen molar-refractivity contribution in [2.75, 3.05) is 7.11 Å². The van der Waals surface area contributed by atoms with Crippen LogP contribution in [0.5, 0.6) is 5.75 Å². The number of ether oxygens (including phenoxy) is 1. The number of hydrogen-bond acceptors (Lipinski definition) is 4. The van der Waals surface area contributed by atoms with E-state index in [4.69, 9.17) is 4.74 Å². The van der Waals surface area contributed by atoms with Crippen molar-refractivity contribution in [3.63, 3.8) is 0 Å². The number of sulfonamides is 1. The van der Waals surface area contributed by atoms with Gasteiger partial charge in [-0.2, -0.15) is 4.72 Å². The van der Waals surface area contributed by atoms with Gasteiger partial charge in [-0.25, -0.2) is 8.42 Å². The minimum Gasteiger partial charge on any atom is -0.496 e. The number of methoxy groups -OCH3 is 1. The SMILES string of the molecule is COc1ccc(S(=O)(=O)N[C@H](Cc2ccccc2)C(=O)NC2CC2)cc1C. The van der Waals surface area contributed by atoms with E-state index in [1.54, 1.807) is 19.1 Å². The zero-order valence-electron chi connectivity index (χ0n) is 15.4. The highest BCUT2D eigenvalue weighted by Crippen LogP contribution is 2.22. The maximum Gasteiger partial charge on any atom is 0.241 e.